The molecule has 0 saturated carbocycles. The molecule has 3 nitrogen and oxygen atoms in total. The second-order valence-corrected chi connectivity index (χ2v) is 7.61. The molecule has 4 rings (SSSR count). The number of methoxy groups -OCH3 is 1. The lowest BCUT2D eigenvalue weighted by molar-refractivity contribution is 0.000247. The number of aromatic hydroxyl groups is 1. The van der Waals surface area contributed by atoms with Gasteiger partial charge >= 0.3 is 0 Å². The number of benzene rings is 4. The lowest BCUT2D eigenvalue weighted by Crippen LogP contribution is -2.32. The summed E-state index contributed by atoms with van der Waals surface area (Å²) in [6.07, 6.45) is 0. The summed E-state index contributed by atoms with van der Waals surface area (Å²) in [4.78, 5) is 0. The van der Waals surface area contributed by atoms with Crippen molar-refractivity contribution in [3.8, 4) is 11.5 Å². The van der Waals surface area contributed by atoms with Gasteiger partial charge in [0.2, 0.25) is 0 Å². The van der Waals surface area contributed by atoms with Crippen LogP contribution in [0.3, 0.4) is 0 Å². The highest BCUT2D eigenvalue weighted by molar-refractivity contribution is 6.31. The van der Waals surface area contributed by atoms with Gasteiger partial charge in [0.15, 0.2) is 0 Å². The fourth-order valence-corrected chi connectivity index (χ4v) is 3.99. The largest absolute Gasteiger partial charge is 0.508 e. The first-order valence-electron chi connectivity index (χ1n) is 10.0. The average molecular weight is 431 g/mol. The Morgan fingerprint density at radius 3 is 1.81 bits per heavy atom. The molecule has 31 heavy (non-hydrogen) atoms. The minimum atomic E-state index is -0.865. The van der Waals surface area contributed by atoms with Gasteiger partial charge in [0.25, 0.3) is 0 Å². The Labute approximate surface area is 187 Å². The van der Waals surface area contributed by atoms with Crippen molar-refractivity contribution in [1.82, 2.24) is 0 Å². The van der Waals surface area contributed by atoms with Crippen LogP contribution in [0.5, 0.6) is 11.5 Å². The summed E-state index contributed by atoms with van der Waals surface area (Å²) < 4.78 is 12.1. The van der Waals surface area contributed by atoms with Gasteiger partial charge in [-0.2, -0.15) is 0 Å². The maximum absolute atomic E-state index is 9.71. The van der Waals surface area contributed by atoms with Crippen LogP contribution >= 0.6 is 11.6 Å². The number of ether oxygens (including phenoxy) is 2. The third-order valence-corrected chi connectivity index (χ3v) is 5.69. The lowest BCUT2D eigenvalue weighted by atomic mass is 9.80. The van der Waals surface area contributed by atoms with Crippen molar-refractivity contribution in [3.05, 3.63) is 130 Å². The molecule has 4 heteroatoms. The third-order valence-electron chi connectivity index (χ3n) is 5.34. The van der Waals surface area contributed by atoms with Crippen molar-refractivity contribution in [1.29, 1.82) is 0 Å². The van der Waals surface area contributed by atoms with Crippen molar-refractivity contribution >= 4 is 11.6 Å². The third kappa shape index (κ3) is 4.29. The van der Waals surface area contributed by atoms with E-state index in [1.54, 1.807) is 19.2 Å². The molecule has 0 bridgehead atoms. The van der Waals surface area contributed by atoms with Crippen LogP contribution in [-0.4, -0.2) is 12.2 Å². The first-order chi connectivity index (χ1) is 15.1. The van der Waals surface area contributed by atoms with Gasteiger partial charge in [-0.05, 0) is 46.5 Å². The van der Waals surface area contributed by atoms with Gasteiger partial charge in [0, 0.05) is 5.02 Å². The number of halogens is 1. The molecule has 0 aliphatic rings. The van der Waals surface area contributed by atoms with Crippen molar-refractivity contribution < 1.29 is 14.6 Å². The van der Waals surface area contributed by atoms with E-state index in [2.05, 4.69) is 24.3 Å². The van der Waals surface area contributed by atoms with Crippen LogP contribution < -0.4 is 4.74 Å². The number of hydrogen-bond donors (Lipinski definition) is 1. The molecule has 0 amide bonds. The molecule has 1 N–H and O–H groups in total. The topological polar surface area (TPSA) is 38.7 Å². The van der Waals surface area contributed by atoms with Crippen LogP contribution in [0.1, 0.15) is 22.3 Å². The number of phenolic OH excluding ortho intramolecular Hbond substituents is 1. The Bertz CT molecular complexity index is 1090. The first-order valence-corrected chi connectivity index (χ1v) is 10.4. The molecule has 0 unspecified atom stereocenters. The van der Waals surface area contributed by atoms with E-state index in [-0.39, 0.29) is 12.4 Å². The molecule has 4 aromatic rings. The Kier molecular flexibility index (Phi) is 6.26. The fraction of sp³-hybridized carbons (Fsp3) is 0.111. The Hall–Kier alpha value is -3.27. The molecule has 0 radical (unpaired) electrons. The Morgan fingerprint density at radius 1 is 0.742 bits per heavy atom. The number of rotatable bonds is 7. The monoisotopic (exact) mass is 430 g/mol. The molecule has 0 atom stereocenters. The molecule has 0 spiro atoms. The Morgan fingerprint density at radius 2 is 1.29 bits per heavy atom. The zero-order valence-electron chi connectivity index (χ0n) is 17.2. The standard InChI is InChI=1S/C27H23ClO3/c1-30-25-16-13-23(14-17-25)27(21-8-4-2-5-9-21,22-10-6-3-7-11-22)31-19-20-12-15-24(29)18-26(20)28/h2-18,29H,19H2,1H3. The van der Waals surface area contributed by atoms with E-state index in [0.29, 0.717) is 5.02 Å². The van der Waals surface area contributed by atoms with Gasteiger partial charge in [0.05, 0.1) is 13.7 Å². The molecule has 0 fully saturated rings. The molecule has 0 aliphatic heterocycles. The van der Waals surface area contributed by atoms with Crippen molar-refractivity contribution in [2.24, 2.45) is 0 Å². The van der Waals surface area contributed by atoms with E-state index in [0.717, 1.165) is 28.0 Å². The van der Waals surface area contributed by atoms with Gasteiger partial charge in [-0.15, -0.1) is 0 Å². The second-order valence-electron chi connectivity index (χ2n) is 7.21. The maximum Gasteiger partial charge on any atom is 0.144 e. The van der Waals surface area contributed by atoms with E-state index in [4.69, 9.17) is 21.1 Å². The van der Waals surface area contributed by atoms with E-state index >= 15 is 0 Å². The van der Waals surface area contributed by atoms with Crippen molar-refractivity contribution in [2.75, 3.05) is 7.11 Å². The molecule has 0 heterocycles. The lowest BCUT2D eigenvalue weighted by Gasteiger charge is -2.36. The first kappa shape index (κ1) is 21.0. The van der Waals surface area contributed by atoms with E-state index < -0.39 is 5.60 Å². The summed E-state index contributed by atoms with van der Waals surface area (Å²) in [5, 5.41) is 10.2. The van der Waals surface area contributed by atoms with Gasteiger partial charge in [-0.1, -0.05) is 90.5 Å². The van der Waals surface area contributed by atoms with Gasteiger partial charge < -0.3 is 14.6 Å². The fourth-order valence-electron chi connectivity index (χ4n) is 3.76. The quantitative estimate of drug-likeness (QED) is 0.337. The summed E-state index contributed by atoms with van der Waals surface area (Å²) in [5.41, 5.74) is 2.91. The summed E-state index contributed by atoms with van der Waals surface area (Å²) in [7, 11) is 1.65. The van der Waals surface area contributed by atoms with Crippen molar-refractivity contribution in [3.63, 3.8) is 0 Å². The van der Waals surface area contributed by atoms with E-state index in [1.807, 2.05) is 60.7 Å². The summed E-state index contributed by atoms with van der Waals surface area (Å²) in [5.74, 6) is 0.904. The summed E-state index contributed by atoms with van der Waals surface area (Å²) >= 11 is 6.38. The van der Waals surface area contributed by atoms with E-state index in [1.165, 1.54) is 6.07 Å². The van der Waals surface area contributed by atoms with Crippen LogP contribution in [0.4, 0.5) is 0 Å². The highest BCUT2D eigenvalue weighted by atomic mass is 35.5. The van der Waals surface area contributed by atoms with Gasteiger partial charge in [0.1, 0.15) is 17.1 Å². The zero-order chi connectivity index (χ0) is 21.7. The number of hydrogen-bond acceptors (Lipinski definition) is 3. The molecule has 0 aromatic heterocycles. The van der Waals surface area contributed by atoms with Crippen LogP contribution in [0.2, 0.25) is 5.02 Å². The maximum atomic E-state index is 9.71. The SMILES string of the molecule is COc1ccc(C(OCc2ccc(O)cc2Cl)(c2ccccc2)c2ccccc2)cc1. The minimum absolute atomic E-state index is 0.126. The zero-order valence-corrected chi connectivity index (χ0v) is 17.9. The second kappa shape index (κ2) is 9.25. The molecular weight excluding hydrogens is 408 g/mol. The average Bonchev–Trinajstić information content (AvgIpc) is 2.82. The van der Waals surface area contributed by atoms with Gasteiger partial charge in [-0.3, -0.25) is 0 Å². The van der Waals surface area contributed by atoms with Gasteiger partial charge in [-0.25, -0.2) is 0 Å². The summed E-state index contributed by atoms with van der Waals surface area (Å²) in [6, 6.07) is 33.1. The van der Waals surface area contributed by atoms with Crippen LogP contribution in [0.15, 0.2) is 103 Å². The van der Waals surface area contributed by atoms with E-state index in [9.17, 15) is 5.11 Å². The highest BCUT2D eigenvalue weighted by Crippen LogP contribution is 2.42. The van der Waals surface area contributed by atoms with Crippen molar-refractivity contribution in [2.45, 2.75) is 12.2 Å². The highest BCUT2D eigenvalue weighted by Gasteiger charge is 2.37. The van der Waals surface area contributed by atoms with Crippen LogP contribution in [0.25, 0.3) is 0 Å². The number of phenols is 1. The Balaban J connectivity index is 1.88. The predicted molar refractivity (Wildman–Crippen MR) is 124 cm³/mol. The summed E-state index contributed by atoms with van der Waals surface area (Å²) in [6.45, 7) is 0.259. The molecule has 0 aliphatic carbocycles. The predicted octanol–water partition coefficient (Wildman–Crippen LogP) is 6.56. The normalized spacial score (nSPS) is 11.3. The molecule has 156 valence electrons. The molecule has 4 aromatic carbocycles. The smallest absolute Gasteiger partial charge is 0.144 e. The minimum Gasteiger partial charge on any atom is -0.508 e. The van der Waals surface area contributed by atoms with Crippen LogP contribution in [0, 0.1) is 0 Å². The van der Waals surface area contributed by atoms with Crippen LogP contribution in [-0.2, 0) is 16.9 Å². The molecular formula is C27H23ClO3. The molecule has 0 saturated heterocycles.